The molecule has 0 fully saturated rings. The Bertz CT molecular complexity index is 874. The Morgan fingerprint density at radius 2 is 2.04 bits per heavy atom. The fraction of sp³-hybridized carbons (Fsp3) is 0.176. The van der Waals surface area contributed by atoms with Gasteiger partial charge in [-0.05, 0) is 23.8 Å². The molecule has 0 bridgehead atoms. The topological polar surface area (TPSA) is 87.7 Å². The van der Waals surface area contributed by atoms with Crippen LogP contribution in [0, 0.1) is 0 Å². The highest BCUT2D eigenvalue weighted by Crippen LogP contribution is 2.06. The Labute approximate surface area is 132 Å². The second-order valence-corrected chi connectivity index (χ2v) is 5.17. The van der Waals surface area contributed by atoms with E-state index in [-0.39, 0.29) is 17.9 Å². The highest BCUT2D eigenvalue weighted by molar-refractivity contribution is 5.78. The normalized spacial score (nSPS) is 10.6. The summed E-state index contributed by atoms with van der Waals surface area (Å²) in [5.74, 6) is 0.426. The van der Waals surface area contributed by atoms with Gasteiger partial charge in [0.1, 0.15) is 5.82 Å². The van der Waals surface area contributed by atoms with E-state index in [1.165, 1.54) is 0 Å². The Kier molecular flexibility index (Phi) is 4.42. The summed E-state index contributed by atoms with van der Waals surface area (Å²) in [6, 6.07) is 10.9. The van der Waals surface area contributed by atoms with Crippen molar-refractivity contribution in [2.45, 2.75) is 19.4 Å². The summed E-state index contributed by atoms with van der Waals surface area (Å²) in [4.78, 5) is 34.9. The lowest BCUT2D eigenvalue weighted by Gasteiger charge is -2.05. The summed E-state index contributed by atoms with van der Waals surface area (Å²) in [5.41, 5.74) is 1.40. The first kappa shape index (κ1) is 14.9. The van der Waals surface area contributed by atoms with Gasteiger partial charge in [-0.25, -0.2) is 4.98 Å². The molecule has 23 heavy (non-hydrogen) atoms. The third-order valence-corrected chi connectivity index (χ3v) is 3.46. The Hall–Kier alpha value is -3.02. The number of pyridine rings is 1. The smallest absolute Gasteiger partial charge is 0.258 e. The zero-order valence-corrected chi connectivity index (χ0v) is 12.5. The molecule has 1 aromatic carbocycles. The quantitative estimate of drug-likeness (QED) is 0.749. The van der Waals surface area contributed by atoms with Gasteiger partial charge in [-0.2, -0.15) is 0 Å². The molecule has 2 N–H and O–H groups in total. The van der Waals surface area contributed by atoms with Crippen LogP contribution in [0.5, 0.6) is 0 Å². The third-order valence-electron chi connectivity index (χ3n) is 3.46. The molecule has 1 amide bonds. The van der Waals surface area contributed by atoms with E-state index in [0.29, 0.717) is 29.7 Å². The van der Waals surface area contributed by atoms with E-state index in [9.17, 15) is 9.59 Å². The number of amides is 1. The van der Waals surface area contributed by atoms with Gasteiger partial charge in [-0.3, -0.25) is 14.6 Å². The second kappa shape index (κ2) is 6.83. The van der Waals surface area contributed by atoms with Crippen LogP contribution in [-0.2, 0) is 17.8 Å². The molecule has 6 heteroatoms. The molecule has 3 aromatic rings. The van der Waals surface area contributed by atoms with Gasteiger partial charge < -0.3 is 10.3 Å². The lowest BCUT2D eigenvalue weighted by Crippen LogP contribution is -2.23. The zero-order chi connectivity index (χ0) is 16.1. The van der Waals surface area contributed by atoms with Gasteiger partial charge in [0.15, 0.2) is 0 Å². The van der Waals surface area contributed by atoms with E-state index in [1.807, 2.05) is 18.2 Å². The summed E-state index contributed by atoms with van der Waals surface area (Å²) in [6.07, 6.45) is 4.05. The number of hydrogen-bond acceptors (Lipinski definition) is 4. The van der Waals surface area contributed by atoms with Crippen molar-refractivity contribution < 1.29 is 4.79 Å². The average molecular weight is 308 g/mol. The lowest BCUT2D eigenvalue weighted by atomic mass is 10.2. The van der Waals surface area contributed by atoms with E-state index in [0.717, 1.165) is 5.56 Å². The van der Waals surface area contributed by atoms with E-state index in [1.54, 1.807) is 30.6 Å². The Balaban J connectivity index is 1.60. The summed E-state index contributed by atoms with van der Waals surface area (Å²) in [7, 11) is 0. The highest BCUT2D eigenvalue weighted by Gasteiger charge is 2.06. The number of aromatic nitrogens is 3. The van der Waals surface area contributed by atoms with Gasteiger partial charge in [0.25, 0.3) is 5.56 Å². The molecule has 3 rings (SSSR count). The van der Waals surface area contributed by atoms with Crippen LogP contribution in [0.2, 0.25) is 0 Å². The Morgan fingerprint density at radius 3 is 2.87 bits per heavy atom. The molecule has 6 nitrogen and oxygen atoms in total. The molecule has 0 radical (unpaired) electrons. The third kappa shape index (κ3) is 3.79. The van der Waals surface area contributed by atoms with Crippen LogP contribution in [0.3, 0.4) is 0 Å². The van der Waals surface area contributed by atoms with Crippen LogP contribution in [0.25, 0.3) is 10.9 Å². The number of aromatic amines is 1. The number of para-hydroxylation sites is 1. The molecule has 0 aliphatic carbocycles. The number of carbonyl (C=O) groups is 1. The molecule has 116 valence electrons. The van der Waals surface area contributed by atoms with E-state index >= 15 is 0 Å². The first-order valence-electron chi connectivity index (χ1n) is 7.36. The highest BCUT2D eigenvalue weighted by atomic mass is 16.1. The van der Waals surface area contributed by atoms with Crippen LogP contribution in [0.1, 0.15) is 17.8 Å². The molecular formula is C17H16N4O2. The van der Waals surface area contributed by atoms with Crippen molar-refractivity contribution in [1.82, 2.24) is 20.3 Å². The van der Waals surface area contributed by atoms with Gasteiger partial charge >= 0.3 is 0 Å². The van der Waals surface area contributed by atoms with E-state index in [2.05, 4.69) is 20.3 Å². The number of benzene rings is 1. The minimum atomic E-state index is -0.179. The lowest BCUT2D eigenvalue weighted by molar-refractivity contribution is -0.121. The minimum absolute atomic E-state index is 0.0929. The van der Waals surface area contributed by atoms with Crippen molar-refractivity contribution in [3.05, 3.63) is 70.5 Å². The van der Waals surface area contributed by atoms with Crippen LogP contribution < -0.4 is 10.9 Å². The second-order valence-electron chi connectivity index (χ2n) is 5.17. The molecule has 0 saturated carbocycles. The predicted octanol–water partition coefficient (Wildman–Crippen LogP) is 1.57. The van der Waals surface area contributed by atoms with Crippen molar-refractivity contribution in [3.63, 3.8) is 0 Å². The molecule has 0 saturated heterocycles. The SMILES string of the molecule is O=C(CCc1nc2ccccc2c(=O)[nH]1)NCc1cccnc1. The number of H-pyrrole nitrogens is 1. The number of rotatable bonds is 5. The molecule has 0 aliphatic heterocycles. The van der Waals surface area contributed by atoms with Gasteiger partial charge in [0, 0.05) is 31.8 Å². The summed E-state index contributed by atoms with van der Waals surface area (Å²) in [6.45, 7) is 0.439. The molecule has 0 spiro atoms. The molecular weight excluding hydrogens is 292 g/mol. The summed E-state index contributed by atoms with van der Waals surface area (Å²) < 4.78 is 0. The van der Waals surface area contributed by atoms with Gasteiger partial charge in [0.2, 0.25) is 5.91 Å². The maximum Gasteiger partial charge on any atom is 0.258 e. The number of carbonyl (C=O) groups excluding carboxylic acids is 1. The maximum atomic E-state index is 12.0. The molecule has 0 aliphatic rings. The van der Waals surface area contributed by atoms with Crippen LogP contribution in [0.15, 0.2) is 53.6 Å². The first-order valence-corrected chi connectivity index (χ1v) is 7.36. The summed E-state index contributed by atoms with van der Waals surface area (Å²) in [5, 5.41) is 3.38. The molecule has 2 aromatic heterocycles. The van der Waals surface area contributed by atoms with Crippen LogP contribution in [0.4, 0.5) is 0 Å². The van der Waals surface area contributed by atoms with Gasteiger partial charge in [-0.1, -0.05) is 18.2 Å². The van der Waals surface area contributed by atoms with E-state index in [4.69, 9.17) is 0 Å². The van der Waals surface area contributed by atoms with Crippen LogP contribution in [-0.4, -0.2) is 20.9 Å². The maximum absolute atomic E-state index is 12.0. The molecule has 0 unspecified atom stereocenters. The number of hydrogen-bond donors (Lipinski definition) is 2. The molecule has 2 heterocycles. The monoisotopic (exact) mass is 308 g/mol. The van der Waals surface area contributed by atoms with Crippen molar-refractivity contribution >= 4 is 16.8 Å². The number of nitrogens with one attached hydrogen (secondary N) is 2. The summed E-state index contributed by atoms with van der Waals surface area (Å²) >= 11 is 0. The molecule has 0 atom stereocenters. The fourth-order valence-electron chi connectivity index (χ4n) is 2.28. The standard InChI is InChI=1S/C17H16N4O2/c22-16(19-11-12-4-3-9-18-10-12)8-7-15-20-14-6-2-1-5-13(14)17(23)21-15/h1-6,9-10H,7-8,11H2,(H,19,22)(H,20,21,23). The Morgan fingerprint density at radius 1 is 1.17 bits per heavy atom. The van der Waals surface area contributed by atoms with Crippen molar-refractivity contribution in [2.24, 2.45) is 0 Å². The van der Waals surface area contributed by atoms with Crippen LogP contribution >= 0.6 is 0 Å². The van der Waals surface area contributed by atoms with Crippen molar-refractivity contribution in [2.75, 3.05) is 0 Å². The predicted molar refractivity (Wildman–Crippen MR) is 86.8 cm³/mol. The number of aryl methyl sites for hydroxylation is 1. The fourth-order valence-corrected chi connectivity index (χ4v) is 2.28. The van der Waals surface area contributed by atoms with Crippen molar-refractivity contribution in [1.29, 1.82) is 0 Å². The number of fused-ring (bicyclic) bond motifs is 1. The first-order chi connectivity index (χ1) is 11.2. The van der Waals surface area contributed by atoms with Gasteiger partial charge in [0.05, 0.1) is 10.9 Å². The number of nitrogens with zero attached hydrogens (tertiary/aromatic N) is 2. The van der Waals surface area contributed by atoms with E-state index < -0.39 is 0 Å². The average Bonchev–Trinajstić information content (AvgIpc) is 2.59. The minimum Gasteiger partial charge on any atom is -0.352 e. The largest absolute Gasteiger partial charge is 0.352 e. The van der Waals surface area contributed by atoms with Gasteiger partial charge in [-0.15, -0.1) is 0 Å². The van der Waals surface area contributed by atoms with Crippen molar-refractivity contribution in [3.8, 4) is 0 Å². The zero-order valence-electron chi connectivity index (χ0n) is 12.5.